The summed E-state index contributed by atoms with van der Waals surface area (Å²) in [7, 11) is 0. The number of nitrogens with one attached hydrogen (secondary N) is 1. The molecule has 1 aromatic carbocycles. The summed E-state index contributed by atoms with van der Waals surface area (Å²) < 4.78 is 0. The van der Waals surface area contributed by atoms with Crippen LogP contribution in [0, 0.1) is 0 Å². The van der Waals surface area contributed by atoms with E-state index in [4.69, 9.17) is 11.6 Å². The number of likely N-dealkylation sites (tertiary alicyclic amines) is 1. The van der Waals surface area contributed by atoms with Gasteiger partial charge in [0, 0.05) is 28.9 Å². The third-order valence-corrected chi connectivity index (χ3v) is 5.42. The van der Waals surface area contributed by atoms with Gasteiger partial charge in [-0.3, -0.25) is 0 Å². The van der Waals surface area contributed by atoms with Crippen LogP contribution in [-0.2, 0) is 6.54 Å². The lowest BCUT2D eigenvalue weighted by molar-refractivity contribution is 0.197. The molecule has 5 heteroatoms. The molecular formula is C18H21ClN2OS. The number of rotatable bonds is 3. The van der Waals surface area contributed by atoms with Gasteiger partial charge in [0.15, 0.2) is 0 Å². The van der Waals surface area contributed by atoms with Gasteiger partial charge in [-0.2, -0.15) is 0 Å². The number of hydrogen-bond donors (Lipinski definition) is 1. The predicted molar refractivity (Wildman–Crippen MR) is 96.2 cm³/mol. The molecule has 0 saturated carbocycles. The van der Waals surface area contributed by atoms with Gasteiger partial charge in [0.2, 0.25) is 0 Å². The summed E-state index contributed by atoms with van der Waals surface area (Å²) in [5.74, 6) is 0.391. The van der Waals surface area contributed by atoms with E-state index in [0.717, 1.165) is 37.4 Å². The van der Waals surface area contributed by atoms with Crippen LogP contribution in [0.15, 0.2) is 41.8 Å². The van der Waals surface area contributed by atoms with E-state index in [9.17, 15) is 4.79 Å². The van der Waals surface area contributed by atoms with Crippen molar-refractivity contribution in [2.45, 2.75) is 31.7 Å². The number of carbonyl (C=O) groups excluding carboxylic acids is 1. The van der Waals surface area contributed by atoms with Crippen molar-refractivity contribution < 1.29 is 4.79 Å². The Balaban J connectivity index is 1.62. The highest BCUT2D eigenvalue weighted by Gasteiger charge is 2.23. The van der Waals surface area contributed by atoms with Crippen molar-refractivity contribution in [2.24, 2.45) is 0 Å². The Labute approximate surface area is 146 Å². The van der Waals surface area contributed by atoms with Crippen LogP contribution < -0.4 is 5.32 Å². The normalized spacial score (nSPS) is 18.5. The SMILES string of the molecule is O=C(NCc1cccs1)N1CCCC[C@@H](c2ccc(Cl)cc2)C1. The molecule has 1 N–H and O–H groups in total. The molecule has 1 aliphatic heterocycles. The summed E-state index contributed by atoms with van der Waals surface area (Å²) >= 11 is 7.65. The topological polar surface area (TPSA) is 32.3 Å². The molecular weight excluding hydrogens is 328 g/mol. The molecule has 1 aliphatic rings. The van der Waals surface area contributed by atoms with Crippen molar-refractivity contribution >= 4 is 29.0 Å². The first-order chi connectivity index (χ1) is 11.2. The minimum atomic E-state index is 0.0410. The van der Waals surface area contributed by atoms with Gasteiger partial charge in [0.1, 0.15) is 0 Å². The van der Waals surface area contributed by atoms with Gasteiger partial charge in [-0.1, -0.05) is 36.2 Å². The first-order valence-electron chi connectivity index (χ1n) is 8.03. The summed E-state index contributed by atoms with van der Waals surface area (Å²) in [4.78, 5) is 15.6. The first-order valence-corrected chi connectivity index (χ1v) is 9.29. The van der Waals surface area contributed by atoms with Crippen molar-refractivity contribution in [3.63, 3.8) is 0 Å². The summed E-state index contributed by atoms with van der Waals surface area (Å²) in [6.45, 7) is 2.22. The third kappa shape index (κ3) is 4.49. The Morgan fingerprint density at radius 2 is 2.09 bits per heavy atom. The number of thiophene rings is 1. The van der Waals surface area contributed by atoms with E-state index in [0.29, 0.717) is 12.5 Å². The number of amides is 2. The van der Waals surface area contributed by atoms with Gasteiger partial charge < -0.3 is 10.2 Å². The number of hydrogen-bond acceptors (Lipinski definition) is 2. The molecule has 3 nitrogen and oxygen atoms in total. The van der Waals surface area contributed by atoms with Crippen LogP contribution in [0.5, 0.6) is 0 Å². The fourth-order valence-corrected chi connectivity index (χ4v) is 3.79. The van der Waals surface area contributed by atoms with Crippen LogP contribution in [0.2, 0.25) is 5.02 Å². The smallest absolute Gasteiger partial charge is 0.317 e. The molecule has 0 bridgehead atoms. The molecule has 2 heterocycles. The van der Waals surface area contributed by atoms with Crippen LogP contribution in [0.25, 0.3) is 0 Å². The van der Waals surface area contributed by atoms with Gasteiger partial charge in [0.25, 0.3) is 0 Å². The summed E-state index contributed by atoms with van der Waals surface area (Å²) in [6, 6.07) is 12.1. The van der Waals surface area contributed by atoms with E-state index in [1.54, 1.807) is 11.3 Å². The van der Waals surface area contributed by atoms with E-state index in [1.165, 1.54) is 10.4 Å². The van der Waals surface area contributed by atoms with Gasteiger partial charge in [-0.15, -0.1) is 11.3 Å². The number of benzene rings is 1. The summed E-state index contributed by atoms with van der Waals surface area (Å²) in [5.41, 5.74) is 1.27. The van der Waals surface area contributed by atoms with Crippen molar-refractivity contribution in [3.05, 3.63) is 57.2 Å². The molecule has 1 atom stereocenters. The fraction of sp³-hybridized carbons (Fsp3) is 0.389. The maximum Gasteiger partial charge on any atom is 0.317 e. The molecule has 3 rings (SSSR count). The van der Waals surface area contributed by atoms with Crippen LogP contribution in [0.4, 0.5) is 4.79 Å². The van der Waals surface area contributed by atoms with E-state index in [-0.39, 0.29) is 6.03 Å². The van der Waals surface area contributed by atoms with E-state index in [1.807, 2.05) is 34.5 Å². The van der Waals surface area contributed by atoms with Gasteiger partial charge >= 0.3 is 6.03 Å². The standard InChI is InChI=1S/C18H21ClN2OS/c19-16-8-6-14(7-9-16)15-4-1-2-10-21(13-15)18(22)20-12-17-5-3-11-23-17/h3,5-9,11,15H,1-2,4,10,12-13H2,(H,20,22)/t15-/m1/s1. The Morgan fingerprint density at radius 1 is 1.26 bits per heavy atom. The number of urea groups is 1. The molecule has 2 amide bonds. The highest BCUT2D eigenvalue weighted by Crippen LogP contribution is 2.27. The lowest BCUT2D eigenvalue weighted by atomic mass is 9.94. The zero-order valence-corrected chi connectivity index (χ0v) is 14.6. The summed E-state index contributed by atoms with van der Waals surface area (Å²) in [6.07, 6.45) is 3.34. The van der Waals surface area contributed by atoms with E-state index < -0.39 is 0 Å². The quantitative estimate of drug-likeness (QED) is 0.842. The minimum absolute atomic E-state index is 0.0410. The second-order valence-corrected chi connectivity index (χ2v) is 7.40. The first kappa shape index (κ1) is 16.3. The Morgan fingerprint density at radius 3 is 2.83 bits per heavy atom. The molecule has 0 aliphatic carbocycles. The van der Waals surface area contributed by atoms with Gasteiger partial charge in [0.05, 0.1) is 6.54 Å². The Kier molecular flexibility index (Phi) is 5.57. The van der Waals surface area contributed by atoms with Gasteiger partial charge in [-0.05, 0) is 42.0 Å². The highest BCUT2D eigenvalue weighted by atomic mass is 35.5. The zero-order chi connectivity index (χ0) is 16.1. The van der Waals surface area contributed by atoms with Gasteiger partial charge in [-0.25, -0.2) is 4.79 Å². The highest BCUT2D eigenvalue weighted by molar-refractivity contribution is 7.09. The zero-order valence-electron chi connectivity index (χ0n) is 13.0. The third-order valence-electron chi connectivity index (χ3n) is 4.29. The van der Waals surface area contributed by atoms with Crippen molar-refractivity contribution in [3.8, 4) is 0 Å². The van der Waals surface area contributed by atoms with E-state index in [2.05, 4.69) is 17.4 Å². The van der Waals surface area contributed by atoms with Crippen LogP contribution in [-0.4, -0.2) is 24.0 Å². The maximum atomic E-state index is 12.5. The molecule has 0 spiro atoms. The average Bonchev–Trinajstić information content (AvgIpc) is 2.96. The lowest BCUT2D eigenvalue weighted by Gasteiger charge is -2.25. The Bertz CT molecular complexity index is 627. The minimum Gasteiger partial charge on any atom is -0.333 e. The lowest BCUT2D eigenvalue weighted by Crippen LogP contribution is -2.41. The van der Waals surface area contributed by atoms with Crippen molar-refractivity contribution in [1.29, 1.82) is 0 Å². The number of nitrogens with zero attached hydrogens (tertiary/aromatic N) is 1. The fourth-order valence-electron chi connectivity index (χ4n) is 3.02. The average molecular weight is 349 g/mol. The van der Waals surface area contributed by atoms with E-state index >= 15 is 0 Å². The largest absolute Gasteiger partial charge is 0.333 e. The molecule has 1 aromatic heterocycles. The molecule has 1 saturated heterocycles. The molecule has 1 fully saturated rings. The second-order valence-electron chi connectivity index (χ2n) is 5.93. The molecule has 2 aromatic rings. The number of halogens is 1. The van der Waals surface area contributed by atoms with Crippen molar-refractivity contribution in [1.82, 2.24) is 10.2 Å². The van der Waals surface area contributed by atoms with Crippen LogP contribution in [0.1, 0.15) is 35.6 Å². The summed E-state index contributed by atoms with van der Waals surface area (Å²) in [5, 5.41) is 5.83. The van der Waals surface area contributed by atoms with Crippen molar-refractivity contribution in [2.75, 3.05) is 13.1 Å². The second kappa shape index (κ2) is 7.84. The molecule has 0 unspecified atom stereocenters. The molecule has 23 heavy (non-hydrogen) atoms. The Hall–Kier alpha value is -1.52. The predicted octanol–water partition coefficient (Wildman–Crippen LogP) is 4.88. The maximum absolute atomic E-state index is 12.5. The van der Waals surface area contributed by atoms with Crippen LogP contribution >= 0.6 is 22.9 Å². The number of carbonyl (C=O) groups is 1. The monoisotopic (exact) mass is 348 g/mol. The van der Waals surface area contributed by atoms with Crippen LogP contribution in [0.3, 0.4) is 0 Å². The molecule has 0 radical (unpaired) electrons. The molecule has 122 valence electrons.